The van der Waals surface area contributed by atoms with Crippen LogP contribution in [0.1, 0.15) is 31.9 Å². The van der Waals surface area contributed by atoms with E-state index in [-0.39, 0.29) is 17.7 Å². The van der Waals surface area contributed by atoms with Crippen LogP contribution < -0.4 is 10.5 Å². The molecule has 0 radical (unpaired) electrons. The van der Waals surface area contributed by atoms with Crippen molar-refractivity contribution in [3.05, 3.63) is 29.8 Å². The van der Waals surface area contributed by atoms with Crippen molar-refractivity contribution in [1.29, 1.82) is 0 Å². The summed E-state index contributed by atoms with van der Waals surface area (Å²) in [7, 11) is 0. The standard InChI is InChI=1S/C12H16F3NO/c1-3-8(2)11(16)9-4-6-10(7-5-9)17-12(13,14)15/h4-8,11H,3,16H2,1-2H3. The van der Waals surface area contributed by atoms with Gasteiger partial charge in [0.05, 0.1) is 0 Å². The second-order valence-corrected chi connectivity index (χ2v) is 4.03. The molecule has 1 aromatic rings. The molecule has 0 bridgehead atoms. The van der Waals surface area contributed by atoms with Gasteiger partial charge in [-0.2, -0.15) is 0 Å². The molecule has 5 heteroatoms. The minimum absolute atomic E-state index is 0.167. The van der Waals surface area contributed by atoms with E-state index in [0.29, 0.717) is 0 Å². The molecule has 0 amide bonds. The Labute approximate surface area is 98.6 Å². The summed E-state index contributed by atoms with van der Waals surface area (Å²) < 4.78 is 39.6. The Hall–Kier alpha value is -1.23. The highest BCUT2D eigenvalue weighted by Gasteiger charge is 2.31. The number of benzene rings is 1. The van der Waals surface area contributed by atoms with Gasteiger partial charge < -0.3 is 10.5 Å². The van der Waals surface area contributed by atoms with E-state index in [9.17, 15) is 13.2 Å². The molecule has 17 heavy (non-hydrogen) atoms. The van der Waals surface area contributed by atoms with Crippen molar-refractivity contribution in [1.82, 2.24) is 0 Å². The third kappa shape index (κ3) is 4.26. The van der Waals surface area contributed by atoms with Crippen molar-refractivity contribution in [2.45, 2.75) is 32.7 Å². The molecule has 0 aliphatic carbocycles. The monoisotopic (exact) mass is 247 g/mol. The van der Waals surface area contributed by atoms with Crippen LogP contribution in [-0.4, -0.2) is 6.36 Å². The first-order chi connectivity index (χ1) is 7.83. The van der Waals surface area contributed by atoms with E-state index in [1.54, 1.807) is 12.1 Å². The molecule has 0 aromatic heterocycles. The summed E-state index contributed by atoms with van der Waals surface area (Å²) in [6.07, 6.45) is -3.73. The maximum atomic E-state index is 11.9. The molecular weight excluding hydrogens is 231 g/mol. The minimum atomic E-state index is -4.65. The van der Waals surface area contributed by atoms with Crippen LogP contribution in [0.5, 0.6) is 5.75 Å². The number of hydrogen-bond donors (Lipinski definition) is 1. The molecule has 0 heterocycles. The zero-order valence-corrected chi connectivity index (χ0v) is 9.79. The largest absolute Gasteiger partial charge is 0.573 e. The molecule has 2 nitrogen and oxygen atoms in total. The number of halogens is 3. The smallest absolute Gasteiger partial charge is 0.406 e. The quantitative estimate of drug-likeness (QED) is 0.881. The third-order valence-corrected chi connectivity index (χ3v) is 2.76. The van der Waals surface area contributed by atoms with Crippen LogP contribution in [0, 0.1) is 5.92 Å². The predicted molar refractivity (Wildman–Crippen MR) is 59.5 cm³/mol. The Balaban J connectivity index is 2.74. The SMILES string of the molecule is CCC(C)C(N)c1ccc(OC(F)(F)F)cc1. The van der Waals surface area contributed by atoms with Crippen molar-refractivity contribution < 1.29 is 17.9 Å². The Kier molecular flexibility index (Phi) is 4.40. The van der Waals surface area contributed by atoms with Crippen LogP contribution in [0.25, 0.3) is 0 Å². The summed E-state index contributed by atoms with van der Waals surface area (Å²) >= 11 is 0. The van der Waals surface area contributed by atoms with Gasteiger partial charge in [-0.3, -0.25) is 0 Å². The van der Waals surface area contributed by atoms with E-state index in [4.69, 9.17) is 5.73 Å². The summed E-state index contributed by atoms with van der Waals surface area (Å²) in [4.78, 5) is 0. The van der Waals surface area contributed by atoms with Gasteiger partial charge in [0.2, 0.25) is 0 Å². The summed E-state index contributed by atoms with van der Waals surface area (Å²) in [5, 5.41) is 0. The number of ether oxygens (including phenoxy) is 1. The van der Waals surface area contributed by atoms with Gasteiger partial charge in [-0.25, -0.2) is 0 Å². The fraction of sp³-hybridized carbons (Fsp3) is 0.500. The van der Waals surface area contributed by atoms with Crippen LogP contribution >= 0.6 is 0 Å². The second-order valence-electron chi connectivity index (χ2n) is 4.03. The summed E-state index contributed by atoms with van der Waals surface area (Å²) in [5.74, 6) is 0.0574. The number of rotatable bonds is 4. The maximum absolute atomic E-state index is 11.9. The molecule has 0 fully saturated rings. The van der Waals surface area contributed by atoms with Crippen LogP contribution in [0.2, 0.25) is 0 Å². The van der Waals surface area contributed by atoms with Gasteiger partial charge in [0.25, 0.3) is 0 Å². The molecule has 0 saturated carbocycles. The highest BCUT2D eigenvalue weighted by molar-refractivity contribution is 5.29. The maximum Gasteiger partial charge on any atom is 0.573 e. The summed E-state index contributed by atoms with van der Waals surface area (Å²) in [5.41, 5.74) is 6.78. The zero-order chi connectivity index (χ0) is 13.1. The first-order valence-corrected chi connectivity index (χ1v) is 5.44. The normalized spacial score (nSPS) is 15.4. The molecule has 1 aromatic carbocycles. The molecule has 0 spiro atoms. The molecule has 0 aliphatic rings. The fourth-order valence-corrected chi connectivity index (χ4v) is 1.47. The van der Waals surface area contributed by atoms with Crippen LogP contribution in [0.4, 0.5) is 13.2 Å². The lowest BCUT2D eigenvalue weighted by molar-refractivity contribution is -0.274. The van der Waals surface area contributed by atoms with Crippen LogP contribution in [0.3, 0.4) is 0 Å². The van der Waals surface area contributed by atoms with Crippen LogP contribution in [0.15, 0.2) is 24.3 Å². The average molecular weight is 247 g/mol. The molecule has 96 valence electrons. The first-order valence-electron chi connectivity index (χ1n) is 5.44. The second kappa shape index (κ2) is 5.40. The van der Waals surface area contributed by atoms with E-state index in [2.05, 4.69) is 4.74 Å². The number of hydrogen-bond acceptors (Lipinski definition) is 2. The zero-order valence-electron chi connectivity index (χ0n) is 9.79. The Morgan fingerprint density at radius 3 is 2.18 bits per heavy atom. The van der Waals surface area contributed by atoms with Crippen molar-refractivity contribution in [2.75, 3.05) is 0 Å². The van der Waals surface area contributed by atoms with E-state index < -0.39 is 6.36 Å². The van der Waals surface area contributed by atoms with E-state index >= 15 is 0 Å². The van der Waals surface area contributed by atoms with Gasteiger partial charge in [-0.05, 0) is 23.6 Å². The first kappa shape index (κ1) is 13.8. The van der Waals surface area contributed by atoms with Gasteiger partial charge >= 0.3 is 6.36 Å². The van der Waals surface area contributed by atoms with E-state index in [1.807, 2.05) is 13.8 Å². The van der Waals surface area contributed by atoms with Crippen molar-refractivity contribution in [2.24, 2.45) is 11.7 Å². The third-order valence-electron chi connectivity index (χ3n) is 2.76. The van der Waals surface area contributed by atoms with E-state index in [0.717, 1.165) is 12.0 Å². The topological polar surface area (TPSA) is 35.2 Å². The summed E-state index contributed by atoms with van der Waals surface area (Å²) in [6.45, 7) is 4.02. The fourth-order valence-electron chi connectivity index (χ4n) is 1.47. The number of alkyl halides is 3. The Bertz CT molecular complexity index is 348. The van der Waals surface area contributed by atoms with Crippen molar-refractivity contribution in [3.8, 4) is 5.75 Å². The lowest BCUT2D eigenvalue weighted by Crippen LogP contribution is -2.19. The highest BCUT2D eigenvalue weighted by atomic mass is 19.4. The van der Waals surface area contributed by atoms with Gasteiger partial charge in [-0.15, -0.1) is 13.2 Å². The Morgan fingerprint density at radius 2 is 1.76 bits per heavy atom. The minimum Gasteiger partial charge on any atom is -0.406 e. The number of nitrogens with two attached hydrogens (primary N) is 1. The predicted octanol–water partition coefficient (Wildman–Crippen LogP) is 3.63. The summed E-state index contributed by atoms with van der Waals surface area (Å²) in [6, 6.07) is 5.53. The van der Waals surface area contributed by atoms with Crippen molar-refractivity contribution >= 4 is 0 Å². The Morgan fingerprint density at radius 1 is 1.24 bits per heavy atom. The molecule has 2 atom stereocenters. The molecule has 0 aliphatic heterocycles. The highest BCUT2D eigenvalue weighted by Crippen LogP contribution is 2.26. The van der Waals surface area contributed by atoms with Gasteiger partial charge in [0.1, 0.15) is 5.75 Å². The molecular formula is C12H16F3NO. The van der Waals surface area contributed by atoms with E-state index in [1.165, 1.54) is 12.1 Å². The van der Waals surface area contributed by atoms with Crippen molar-refractivity contribution in [3.63, 3.8) is 0 Å². The molecule has 2 unspecified atom stereocenters. The molecule has 2 N–H and O–H groups in total. The van der Waals surface area contributed by atoms with Gasteiger partial charge in [0.15, 0.2) is 0 Å². The lowest BCUT2D eigenvalue weighted by atomic mass is 9.93. The van der Waals surface area contributed by atoms with Crippen LogP contribution in [-0.2, 0) is 0 Å². The average Bonchev–Trinajstić information content (AvgIpc) is 2.26. The van der Waals surface area contributed by atoms with Gasteiger partial charge in [0, 0.05) is 6.04 Å². The lowest BCUT2D eigenvalue weighted by Gasteiger charge is -2.19. The van der Waals surface area contributed by atoms with Gasteiger partial charge in [-0.1, -0.05) is 32.4 Å². The molecule has 1 rings (SSSR count). The molecule has 0 saturated heterocycles.